The van der Waals surface area contributed by atoms with Gasteiger partial charge in [0.2, 0.25) is 0 Å². The molecular formula is C15H21N3. The Labute approximate surface area is 109 Å². The van der Waals surface area contributed by atoms with Crippen molar-refractivity contribution in [1.29, 1.82) is 0 Å². The fourth-order valence-electron chi connectivity index (χ4n) is 2.09. The Balaban J connectivity index is 1.75. The lowest BCUT2D eigenvalue weighted by atomic mass is 10.0. The van der Waals surface area contributed by atoms with Crippen LogP contribution in [0.5, 0.6) is 0 Å². The van der Waals surface area contributed by atoms with Crippen molar-refractivity contribution in [2.75, 3.05) is 6.54 Å². The van der Waals surface area contributed by atoms with Gasteiger partial charge in [0.1, 0.15) is 5.82 Å². The van der Waals surface area contributed by atoms with Crippen LogP contribution in [0.2, 0.25) is 0 Å². The largest absolute Gasteiger partial charge is 0.349 e. The Hall–Kier alpha value is -1.61. The normalized spacial score (nSPS) is 12.5. The maximum Gasteiger partial charge on any atom is 0.107 e. The molecule has 2 aromatic rings. The number of hydrogen-bond donors (Lipinski definition) is 2. The standard InChI is InChI=1S/C15H21N3/c1-2-14(12-13-6-4-3-5-7-13)16-9-8-15-17-10-11-18-15/h3-7,10-11,14,16H,2,8-9,12H2,1H3,(H,17,18). The Morgan fingerprint density at radius 1 is 1.28 bits per heavy atom. The minimum atomic E-state index is 0.544. The fourth-order valence-corrected chi connectivity index (χ4v) is 2.09. The number of nitrogens with one attached hydrogen (secondary N) is 2. The average molecular weight is 243 g/mol. The molecule has 0 bridgehead atoms. The highest BCUT2D eigenvalue weighted by Gasteiger charge is 2.06. The lowest BCUT2D eigenvalue weighted by Crippen LogP contribution is -2.32. The molecule has 96 valence electrons. The minimum Gasteiger partial charge on any atom is -0.349 e. The molecule has 2 N–H and O–H groups in total. The SMILES string of the molecule is CCC(Cc1ccccc1)NCCc1ncc[nH]1. The maximum atomic E-state index is 4.23. The van der Waals surface area contributed by atoms with Gasteiger partial charge in [-0.3, -0.25) is 0 Å². The maximum absolute atomic E-state index is 4.23. The molecule has 0 aliphatic carbocycles. The molecule has 0 fully saturated rings. The summed E-state index contributed by atoms with van der Waals surface area (Å²) in [6, 6.07) is 11.2. The second-order valence-electron chi connectivity index (χ2n) is 4.53. The van der Waals surface area contributed by atoms with Gasteiger partial charge in [-0.1, -0.05) is 37.3 Å². The fraction of sp³-hybridized carbons (Fsp3) is 0.400. The Kier molecular flexibility index (Phi) is 4.97. The van der Waals surface area contributed by atoms with Crippen LogP contribution < -0.4 is 5.32 Å². The van der Waals surface area contributed by atoms with E-state index in [1.54, 1.807) is 6.20 Å². The van der Waals surface area contributed by atoms with Crippen molar-refractivity contribution < 1.29 is 0 Å². The van der Waals surface area contributed by atoms with E-state index >= 15 is 0 Å². The van der Waals surface area contributed by atoms with E-state index in [1.807, 2.05) is 6.20 Å². The van der Waals surface area contributed by atoms with Crippen molar-refractivity contribution in [3.05, 3.63) is 54.1 Å². The molecule has 0 aliphatic heterocycles. The topological polar surface area (TPSA) is 40.7 Å². The summed E-state index contributed by atoms with van der Waals surface area (Å²) < 4.78 is 0. The second kappa shape index (κ2) is 6.97. The van der Waals surface area contributed by atoms with Crippen molar-refractivity contribution in [2.24, 2.45) is 0 Å². The molecule has 0 saturated heterocycles. The van der Waals surface area contributed by atoms with Crippen LogP contribution in [-0.2, 0) is 12.8 Å². The van der Waals surface area contributed by atoms with Crippen LogP contribution in [0, 0.1) is 0 Å². The summed E-state index contributed by atoms with van der Waals surface area (Å²) in [5.41, 5.74) is 1.40. The molecule has 0 amide bonds. The quantitative estimate of drug-likeness (QED) is 0.784. The number of imidazole rings is 1. The molecule has 1 aromatic heterocycles. The molecular weight excluding hydrogens is 222 g/mol. The van der Waals surface area contributed by atoms with Gasteiger partial charge in [-0.25, -0.2) is 4.98 Å². The number of hydrogen-bond acceptors (Lipinski definition) is 2. The van der Waals surface area contributed by atoms with Crippen molar-refractivity contribution in [3.63, 3.8) is 0 Å². The number of benzene rings is 1. The molecule has 1 atom stereocenters. The highest BCUT2D eigenvalue weighted by atomic mass is 14.9. The van der Waals surface area contributed by atoms with Crippen molar-refractivity contribution in [2.45, 2.75) is 32.2 Å². The first-order chi connectivity index (χ1) is 8.88. The Bertz CT molecular complexity index is 422. The van der Waals surface area contributed by atoms with Gasteiger partial charge >= 0.3 is 0 Å². The van der Waals surface area contributed by atoms with Crippen LogP contribution in [-0.4, -0.2) is 22.6 Å². The second-order valence-corrected chi connectivity index (χ2v) is 4.53. The first kappa shape index (κ1) is 12.8. The first-order valence-electron chi connectivity index (χ1n) is 6.64. The lowest BCUT2D eigenvalue weighted by molar-refractivity contribution is 0.495. The first-order valence-corrected chi connectivity index (χ1v) is 6.64. The zero-order valence-electron chi connectivity index (χ0n) is 10.9. The number of aromatic nitrogens is 2. The molecule has 0 saturated carbocycles. The van der Waals surface area contributed by atoms with Crippen LogP contribution in [0.15, 0.2) is 42.7 Å². The van der Waals surface area contributed by atoms with E-state index in [0.29, 0.717) is 6.04 Å². The van der Waals surface area contributed by atoms with Gasteiger partial charge in [-0.15, -0.1) is 0 Å². The monoisotopic (exact) mass is 243 g/mol. The molecule has 1 heterocycles. The van der Waals surface area contributed by atoms with E-state index in [1.165, 1.54) is 5.56 Å². The van der Waals surface area contributed by atoms with Crippen molar-refractivity contribution >= 4 is 0 Å². The molecule has 0 radical (unpaired) electrons. The molecule has 2 rings (SSSR count). The number of rotatable bonds is 7. The number of aromatic amines is 1. The summed E-state index contributed by atoms with van der Waals surface area (Å²) >= 11 is 0. The van der Waals surface area contributed by atoms with E-state index in [9.17, 15) is 0 Å². The van der Waals surface area contributed by atoms with E-state index in [2.05, 4.69) is 52.5 Å². The Morgan fingerprint density at radius 3 is 2.78 bits per heavy atom. The number of H-pyrrole nitrogens is 1. The van der Waals surface area contributed by atoms with Gasteiger partial charge in [-0.2, -0.15) is 0 Å². The lowest BCUT2D eigenvalue weighted by Gasteiger charge is -2.16. The summed E-state index contributed by atoms with van der Waals surface area (Å²) in [5, 5.41) is 3.60. The predicted molar refractivity (Wildman–Crippen MR) is 74.5 cm³/mol. The van der Waals surface area contributed by atoms with Crippen LogP contribution in [0.1, 0.15) is 24.7 Å². The summed E-state index contributed by atoms with van der Waals surface area (Å²) in [6.45, 7) is 3.20. The highest BCUT2D eigenvalue weighted by Crippen LogP contribution is 2.05. The molecule has 0 spiro atoms. The molecule has 3 nitrogen and oxygen atoms in total. The highest BCUT2D eigenvalue weighted by molar-refractivity contribution is 5.15. The molecule has 1 aromatic carbocycles. The third kappa shape index (κ3) is 4.00. The zero-order valence-corrected chi connectivity index (χ0v) is 10.9. The van der Waals surface area contributed by atoms with Crippen LogP contribution in [0.3, 0.4) is 0 Å². The van der Waals surface area contributed by atoms with Gasteiger partial charge in [0.25, 0.3) is 0 Å². The molecule has 1 unspecified atom stereocenters. The van der Waals surface area contributed by atoms with Gasteiger partial charge < -0.3 is 10.3 Å². The van der Waals surface area contributed by atoms with Gasteiger partial charge in [0, 0.05) is 31.4 Å². The van der Waals surface area contributed by atoms with E-state index in [-0.39, 0.29) is 0 Å². The summed E-state index contributed by atoms with van der Waals surface area (Å²) in [5.74, 6) is 1.05. The smallest absolute Gasteiger partial charge is 0.107 e. The van der Waals surface area contributed by atoms with Gasteiger partial charge in [0.05, 0.1) is 0 Å². The third-order valence-corrected chi connectivity index (χ3v) is 3.17. The van der Waals surface area contributed by atoms with Gasteiger partial charge in [0.15, 0.2) is 0 Å². The van der Waals surface area contributed by atoms with Crippen LogP contribution >= 0.6 is 0 Å². The van der Waals surface area contributed by atoms with Crippen LogP contribution in [0.4, 0.5) is 0 Å². The van der Waals surface area contributed by atoms with E-state index < -0.39 is 0 Å². The predicted octanol–water partition coefficient (Wildman–Crippen LogP) is 2.56. The molecule has 0 aliphatic rings. The third-order valence-electron chi connectivity index (χ3n) is 3.17. The van der Waals surface area contributed by atoms with Gasteiger partial charge in [-0.05, 0) is 18.4 Å². The summed E-state index contributed by atoms with van der Waals surface area (Å²) in [4.78, 5) is 7.35. The minimum absolute atomic E-state index is 0.544. The summed E-state index contributed by atoms with van der Waals surface area (Å²) in [7, 11) is 0. The zero-order chi connectivity index (χ0) is 12.6. The van der Waals surface area contributed by atoms with Crippen LogP contribution in [0.25, 0.3) is 0 Å². The Morgan fingerprint density at radius 2 is 2.11 bits per heavy atom. The average Bonchev–Trinajstić information content (AvgIpc) is 2.92. The van der Waals surface area contributed by atoms with E-state index in [4.69, 9.17) is 0 Å². The molecule has 3 heteroatoms. The van der Waals surface area contributed by atoms with Crippen molar-refractivity contribution in [1.82, 2.24) is 15.3 Å². The van der Waals surface area contributed by atoms with E-state index in [0.717, 1.165) is 31.6 Å². The number of nitrogens with zero attached hydrogens (tertiary/aromatic N) is 1. The van der Waals surface area contributed by atoms with Crippen molar-refractivity contribution in [3.8, 4) is 0 Å². The summed E-state index contributed by atoms with van der Waals surface area (Å²) in [6.07, 6.45) is 6.87. The molecule has 18 heavy (non-hydrogen) atoms.